The van der Waals surface area contributed by atoms with Gasteiger partial charge in [-0.1, -0.05) is 6.92 Å². The maximum Gasteiger partial charge on any atom is 0.0850 e. The summed E-state index contributed by atoms with van der Waals surface area (Å²) in [4.78, 5) is 0. The second kappa shape index (κ2) is 3.87. The van der Waals surface area contributed by atoms with Crippen molar-refractivity contribution in [1.82, 2.24) is 0 Å². The molecule has 0 heteroatoms. The lowest BCUT2D eigenvalue weighted by Gasteiger charge is -1.73. The van der Waals surface area contributed by atoms with Gasteiger partial charge in [0.2, 0.25) is 0 Å². The number of unbranched alkanes of at least 4 members (excludes halogenated alkanes) is 2. The Hall–Kier alpha value is -0.130. The SMILES string of the molecule is [CH2]CCC[CH2+]. The minimum Gasteiger partial charge on any atom is -0.0531 e. The van der Waals surface area contributed by atoms with Gasteiger partial charge in [-0.15, -0.1) is 0 Å². The van der Waals surface area contributed by atoms with Gasteiger partial charge in [-0.25, -0.2) is 0 Å². The Labute approximate surface area is 34.2 Å². The molecule has 0 spiro atoms. The first-order valence-electron chi connectivity index (χ1n) is 2.00. The quantitative estimate of drug-likeness (QED) is 0.435. The van der Waals surface area contributed by atoms with Crippen LogP contribution in [0.15, 0.2) is 0 Å². The molecule has 0 aliphatic carbocycles. The second-order valence-corrected chi connectivity index (χ2v) is 1.06. The highest BCUT2D eigenvalue weighted by atomic mass is 13.7. The Morgan fingerprint density at radius 1 is 1.60 bits per heavy atom. The summed E-state index contributed by atoms with van der Waals surface area (Å²) in [5, 5.41) is 0. The van der Waals surface area contributed by atoms with Crippen LogP contribution in [0.2, 0.25) is 0 Å². The van der Waals surface area contributed by atoms with Gasteiger partial charge in [0.05, 0.1) is 13.3 Å². The molecule has 0 aromatic carbocycles. The van der Waals surface area contributed by atoms with Crippen LogP contribution in [-0.2, 0) is 0 Å². The Morgan fingerprint density at radius 2 is 2.20 bits per heavy atom. The zero-order valence-electron chi connectivity index (χ0n) is 3.54. The normalized spacial score (nSPS) is 8.20. The maximum atomic E-state index is 3.64. The zero-order chi connectivity index (χ0) is 4.12. The van der Waals surface area contributed by atoms with Crippen LogP contribution in [0.25, 0.3) is 0 Å². The van der Waals surface area contributed by atoms with Crippen molar-refractivity contribution < 1.29 is 0 Å². The molecule has 0 aromatic heterocycles. The summed E-state index contributed by atoms with van der Waals surface area (Å²) in [5.74, 6) is 0. The topological polar surface area (TPSA) is 0 Å². The third-order valence-corrected chi connectivity index (χ3v) is 0.500. The molecule has 5 heavy (non-hydrogen) atoms. The smallest absolute Gasteiger partial charge is 0.0531 e. The Morgan fingerprint density at radius 3 is 2.20 bits per heavy atom. The van der Waals surface area contributed by atoms with E-state index in [-0.39, 0.29) is 0 Å². The fourth-order valence-corrected chi connectivity index (χ4v) is 0.177. The molecule has 0 amide bonds. The van der Waals surface area contributed by atoms with Gasteiger partial charge in [-0.2, -0.15) is 0 Å². The van der Waals surface area contributed by atoms with Crippen molar-refractivity contribution in [2.24, 2.45) is 0 Å². The summed E-state index contributed by atoms with van der Waals surface area (Å²) in [6.07, 6.45) is 3.23. The minimum atomic E-state index is 1.03. The molecule has 0 unspecified atom stereocenters. The fraction of sp³-hybridized carbons (Fsp3) is 0.600. The number of hydrogen-bond donors (Lipinski definition) is 0. The summed E-state index contributed by atoms with van der Waals surface area (Å²) in [6.45, 7) is 7.27. The summed E-state index contributed by atoms with van der Waals surface area (Å²) < 4.78 is 0. The number of rotatable bonds is 2. The largest absolute Gasteiger partial charge is 0.0850 e. The highest BCUT2D eigenvalue weighted by molar-refractivity contribution is 4.41. The average molecular weight is 70.1 g/mol. The third-order valence-electron chi connectivity index (χ3n) is 0.500. The van der Waals surface area contributed by atoms with Gasteiger partial charge in [-0.05, 0) is 12.8 Å². The third kappa shape index (κ3) is 3.87. The molecular formula is C5H10+. The molecule has 0 aliphatic rings. The maximum absolute atomic E-state index is 3.64. The zero-order valence-corrected chi connectivity index (χ0v) is 3.54. The molecular weight excluding hydrogens is 60.1 g/mol. The molecule has 1 radical (unpaired) electrons. The molecule has 0 saturated heterocycles. The highest BCUT2D eigenvalue weighted by Gasteiger charge is 1.74. The van der Waals surface area contributed by atoms with Crippen molar-refractivity contribution in [3.8, 4) is 0 Å². The van der Waals surface area contributed by atoms with Gasteiger partial charge >= 0.3 is 0 Å². The molecule has 0 N–H and O–H groups in total. The van der Waals surface area contributed by atoms with Crippen molar-refractivity contribution in [2.75, 3.05) is 0 Å². The van der Waals surface area contributed by atoms with Gasteiger partial charge < -0.3 is 0 Å². The molecule has 0 atom stereocenters. The van der Waals surface area contributed by atoms with Crippen molar-refractivity contribution in [1.29, 1.82) is 0 Å². The van der Waals surface area contributed by atoms with Crippen LogP contribution >= 0.6 is 0 Å². The Kier molecular flexibility index (Phi) is 3.77. The molecule has 29 valence electrons. The minimum absolute atomic E-state index is 1.03. The summed E-state index contributed by atoms with van der Waals surface area (Å²) in [5.41, 5.74) is 0. The van der Waals surface area contributed by atoms with Crippen LogP contribution in [0, 0.1) is 13.8 Å². The van der Waals surface area contributed by atoms with Crippen LogP contribution < -0.4 is 0 Å². The van der Waals surface area contributed by atoms with Crippen molar-refractivity contribution in [3.05, 3.63) is 13.8 Å². The highest BCUT2D eigenvalue weighted by Crippen LogP contribution is 1.87. The fourth-order valence-electron chi connectivity index (χ4n) is 0.177. The van der Waals surface area contributed by atoms with Crippen LogP contribution in [0.3, 0.4) is 0 Å². The molecule has 0 saturated carbocycles. The van der Waals surface area contributed by atoms with E-state index in [9.17, 15) is 0 Å². The first kappa shape index (κ1) is 4.87. The predicted molar refractivity (Wildman–Crippen MR) is 24.6 cm³/mol. The molecule has 0 aromatic rings. The standard InChI is InChI=1S/C5H10/c1-3-5-4-2/h1-5H2/q+1. The van der Waals surface area contributed by atoms with Gasteiger partial charge in [0.15, 0.2) is 0 Å². The van der Waals surface area contributed by atoms with E-state index in [1.807, 2.05) is 0 Å². The first-order chi connectivity index (χ1) is 2.41. The van der Waals surface area contributed by atoms with Gasteiger partial charge in [0.25, 0.3) is 0 Å². The van der Waals surface area contributed by atoms with E-state index in [0.717, 1.165) is 12.8 Å². The first-order valence-corrected chi connectivity index (χ1v) is 2.00. The van der Waals surface area contributed by atoms with E-state index in [2.05, 4.69) is 13.8 Å². The second-order valence-electron chi connectivity index (χ2n) is 1.06. The predicted octanol–water partition coefficient (Wildman–Crippen LogP) is 1.82. The van der Waals surface area contributed by atoms with Crippen molar-refractivity contribution in [2.45, 2.75) is 19.3 Å². The summed E-state index contributed by atoms with van der Waals surface area (Å²) in [7, 11) is 0. The molecule has 0 bridgehead atoms. The molecule has 0 rings (SSSR count). The van der Waals surface area contributed by atoms with Crippen LogP contribution in [0.5, 0.6) is 0 Å². The van der Waals surface area contributed by atoms with Crippen molar-refractivity contribution in [3.63, 3.8) is 0 Å². The van der Waals surface area contributed by atoms with E-state index >= 15 is 0 Å². The van der Waals surface area contributed by atoms with E-state index in [0.29, 0.717) is 0 Å². The monoisotopic (exact) mass is 70.1 g/mol. The summed E-state index contributed by atoms with van der Waals surface area (Å²) >= 11 is 0. The van der Waals surface area contributed by atoms with E-state index < -0.39 is 0 Å². The van der Waals surface area contributed by atoms with Gasteiger partial charge in [0.1, 0.15) is 0 Å². The van der Waals surface area contributed by atoms with E-state index in [4.69, 9.17) is 0 Å². The van der Waals surface area contributed by atoms with Crippen LogP contribution in [-0.4, -0.2) is 0 Å². The van der Waals surface area contributed by atoms with Crippen molar-refractivity contribution >= 4 is 0 Å². The summed E-state index contributed by atoms with van der Waals surface area (Å²) in [6, 6.07) is 0. The Bertz CT molecular complexity index is 7.51. The van der Waals surface area contributed by atoms with Crippen LogP contribution in [0.4, 0.5) is 0 Å². The van der Waals surface area contributed by atoms with Gasteiger partial charge in [-0.3, -0.25) is 0 Å². The molecule has 0 nitrogen and oxygen atoms in total. The van der Waals surface area contributed by atoms with E-state index in [1.54, 1.807) is 0 Å². The van der Waals surface area contributed by atoms with Gasteiger partial charge in [0, 0.05) is 0 Å². The molecule has 0 heterocycles. The lowest BCUT2D eigenvalue weighted by molar-refractivity contribution is 0.864. The average Bonchev–Trinajstić information content (AvgIpc) is 1.41. The van der Waals surface area contributed by atoms with E-state index in [1.165, 1.54) is 6.42 Å². The Balaban J connectivity index is 2.19. The lowest BCUT2D eigenvalue weighted by atomic mass is 10.3. The molecule has 0 aliphatic heterocycles. The lowest BCUT2D eigenvalue weighted by Crippen LogP contribution is -1.60. The van der Waals surface area contributed by atoms with Crippen LogP contribution in [0.1, 0.15) is 19.3 Å². The molecule has 0 fully saturated rings. The number of hydrogen-bond acceptors (Lipinski definition) is 0.